The number of carbonyl (C=O) groups is 1. The second-order valence-electron chi connectivity index (χ2n) is 3.85. The van der Waals surface area contributed by atoms with Crippen LogP contribution in [0.1, 0.15) is 34.8 Å². The number of hydrogen-bond donors (Lipinski definition) is 1. The van der Waals surface area contributed by atoms with E-state index in [1.54, 1.807) is 0 Å². The van der Waals surface area contributed by atoms with Crippen molar-refractivity contribution in [1.82, 2.24) is 15.5 Å². The molecule has 0 aliphatic carbocycles. The van der Waals surface area contributed by atoms with Crippen molar-refractivity contribution in [3.05, 3.63) is 43.8 Å². The second-order valence-corrected chi connectivity index (χ2v) is 6.32. The molecule has 0 aliphatic heterocycles. The first kappa shape index (κ1) is 14.4. The lowest BCUT2D eigenvalue weighted by atomic mass is 10.0. The molecule has 7 heteroatoms. The zero-order chi connectivity index (χ0) is 13.8. The predicted molar refractivity (Wildman–Crippen MR) is 79.6 cm³/mol. The highest BCUT2D eigenvalue weighted by Crippen LogP contribution is 2.21. The molecule has 1 amide bonds. The maximum absolute atomic E-state index is 12.0. The summed E-state index contributed by atoms with van der Waals surface area (Å²) in [5.41, 5.74) is 1.05. The van der Waals surface area contributed by atoms with Gasteiger partial charge in [0.05, 0.1) is 6.04 Å². The van der Waals surface area contributed by atoms with Crippen molar-refractivity contribution in [2.75, 3.05) is 0 Å². The maximum atomic E-state index is 12.0. The van der Waals surface area contributed by atoms with E-state index in [9.17, 15) is 4.79 Å². The highest BCUT2D eigenvalue weighted by molar-refractivity contribution is 9.10. The normalized spacial score (nSPS) is 12.2. The monoisotopic (exact) mass is 359 g/mol. The van der Waals surface area contributed by atoms with Crippen molar-refractivity contribution in [3.63, 3.8) is 0 Å². The van der Waals surface area contributed by atoms with Crippen LogP contribution < -0.4 is 5.32 Å². The van der Waals surface area contributed by atoms with Crippen molar-refractivity contribution in [2.45, 2.75) is 19.4 Å². The van der Waals surface area contributed by atoms with E-state index in [4.69, 9.17) is 11.6 Å². The van der Waals surface area contributed by atoms with E-state index < -0.39 is 0 Å². The zero-order valence-corrected chi connectivity index (χ0v) is 13.2. The van der Waals surface area contributed by atoms with Gasteiger partial charge in [0.25, 0.3) is 5.91 Å². The summed E-state index contributed by atoms with van der Waals surface area (Å²) in [4.78, 5) is 12.0. The second kappa shape index (κ2) is 6.45. The standard InChI is InChI=1S/C12H11BrClN3OS/c1-2-9(7-3-5-8(13)6-4-7)15-10(18)11-16-17-12(14)19-11/h3-6,9H,2H2,1H3,(H,15,18). The minimum absolute atomic E-state index is 0.0525. The molecule has 1 aromatic carbocycles. The molecule has 0 bridgehead atoms. The Morgan fingerprint density at radius 3 is 2.63 bits per heavy atom. The summed E-state index contributed by atoms with van der Waals surface area (Å²) < 4.78 is 1.27. The molecule has 1 heterocycles. The van der Waals surface area contributed by atoms with Crippen LogP contribution in [0.5, 0.6) is 0 Å². The molecule has 1 N–H and O–H groups in total. The Bertz CT molecular complexity index is 573. The summed E-state index contributed by atoms with van der Waals surface area (Å²) >= 11 is 10.1. The van der Waals surface area contributed by atoms with Crippen LogP contribution in [-0.2, 0) is 0 Å². The number of carbonyl (C=O) groups excluding carboxylic acids is 1. The maximum Gasteiger partial charge on any atom is 0.282 e. The van der Waals surface area contributed by atoms with Crippen LogP contribution in [0.2, 0.25) is 4.47 Å². The predicted octanol–water partition coefficient (Wildman–Crippen LogP) is 3.84. The first-order chi connectivity index (χ1) is 9.10. The molecule has 1 aromatic heterocycles. The van der Waals surface area contributed by atoms with Crippen LogP contribution in [0.3, 0.4) is 0 Å². The van der Waals surface area contributed by atoms with Crippen molar-refractivity contribution < 1.29 is 4.79 Å². The van der Waals surface area contributed by atoms with Gasteiger partial charge in [0.2, 0.25) is 9.47 Å². The molecule has 0 saturated heterocycles. The van der Waals surface area contributed by atoms with E-state index in [0.717, 1.165) is 27.8 Å². The van der Waals surface area contributed by atoms with Crippen molar-refractivity contribution in [2.24, 2.45) is 0 Å². The van der Waals surface area contributed by atoms with E-state index in [2.05, 4.69) is 31.4 Å². The van der Waals surface area contributed by atoms with Gasteiger partial charge in [0.15, 0.2) is 0 Å². The van der Waals surface area contributed by atoms with Gasteiger partial charge in [-0.3, -0.25) is 4.79 Å². The molecule has 0 radical (unpaired) electrons. The van der Waals surface area contributed by atoms with Gasteiger partial charge < -0.3 is 5.32 Å². The Morgan fingerprint density at radius 1 is 1.42 bits per heavy atom. The number of nitrogens with one attached hydrogen (secondary N) is 1. The topological polar surface area (TPSA) is 54.9 Å². The summed E-state index contributed by atoms with van der Waals surface area (Å²) in [6.45, 7) is 2.01. The Hall–Kier alpha value is -0.980. The van der Waals surface area contributed by atoms with Gasteiger partial charge in [-0.25, -0.2) is 0 Å². The average Bonchev–Trinajstić information content (AvgIpc) is 2.84. The summed E-state index contributed by atoms with van der Waals surface area (Å²) in [5, 5.41) is 10.6. The fourth-order valence-corrected chi connectivity index (χ4v) is 2.63. The van der Waals surface area contributed by atoms with E-state index in [1.807, 2.05) is 31.2 Å². The summed E-state index contributed by atoms with van der Waals surface area (Å²) in [7, 11) is 0. The molecule has 0 fully saturated rings. The molecule has 2 rings (SSSR count). The zero-order valence-electron chi connectivity index (χ0n) is 10.1. The number of rotatable bonds is 4. The molecule has 19 heavy (non-hydrogen) atoms. The van der Waals surface area contributed by atoms with Crippen molar-refractivity contribution in [1.29, 1.82) is 0 Å². The third kappa shape index (κ3) is 3.75. The molecule has 1 atom stereocenters. The number of nitrogens with zero attached hydrogens (tertiary/aromatic N) is 2. The van der Waals surface area contributed by atoms with E-state index in [1.165, 1.54) is 0 Å². The lowest BCUT2D eigenvalue weighted by Gasteiger charge is -2.16. The quantitative estimate of drug-likeness (QED) is 0.901. The molecule has 1 unspecified atom stereocenters. The van der Waals surface area contributed by atoms with E-state index >= 15 is 0 Å². The Balaban J connectivity index is 2.11. The lowest BCUT2D eigenvalue weighted by molar-refractivity contribution is 0.0934. The highest BCUT2D eigenvalue weighted by atomic mass is 79.9. The van der Waals surface area contributed by atoms with Crippen molar-refractivity contribution in [3.8, 4) is 0 Å². The van der Waals surface area contributed by atoms with Gasteiger partial charge in [-0.1, -0.05) is 46.3 Å². The molecule has 0 saturated carbocycles. The number of benzene rings is 1. The van der Waals surface area contributed by atoms with Gasteiger partial charge in [-0.2, -0.15) is 0 Å². The minimum atomic E-state index is -0.251. The summed E-state index contributed by atoms with van der Waals surface area (Å²) in [5.74, 6) is -0.251. The molecule has 100 valence electrons. The molecule has 4 nitrogen and oxygen atoms in total. The number of halogens is 2. The van der Waals surface area contributed by atoms with Gasteiger partial charge >= 0.3 is 0 Å². The third-order valence-electron chi connectivity index (χ3n) is 2.58. The van der Waals surface area contributed by atoms with Crippen molar-refractivity contribution >= 4 is 44.8 Å². The smallest absolute Gasteiger partial charge is 0.282 e. The van der Waals surface area contributed by atoms with E-state index in [-0.39, 0.29) is 21.4 Å². The summed E-state index contributed by atoms with van der Waals surface area (Å²) in [6.07, 6.45) is 0.792. The Morgan fingerprint density at radius 2 is 2.11 bits per heavy atom. The first-order valence-electron chi connectivity index (χ1n) is 5.65. The highest BCUT2D eigenvalue weighted by Gasteiger charge is 2.17. The molecule has 0 aliphatic rings. The van der Waals surface area contributed by atoms with Gasteiger partial charge in [-0.15, -0.1) is 10.2 Å². The molecular formula is C12H11BrClN3OS. The van der Waals surface area contributed by atoms with E-state index in [0.29, 0.717) is 0 Å². The Labute approximate surface area is 128 Å². The van der Waals surface area contributed by atoms with Gasteiger partial charge in [-0.05, 0) is 35.7 Å². The molecule has 0 spiro atoms. The largest absolute Gasteiger partial charge is 0.343 e. The van der Waals surface area contributed by atoms with Crippen LogP contribution in [-0.4, -0.2) is 16.1 Å². The van der Waals surface area contributed by atoms with Crippen LogP contribution in [0.25, 0.3) is 0 Å². The fraction of sp³-hybridized carbons (Fsp3) is 0.250. The fourth-order valence-electron chi connectivity index (χ4n) is 1.63. The number of amides is 1. The SMILES string of the molecule is CCC(NC(=O)c1nnc(Cl)s1)c1ccc(Br)cc1. The molecular weight excluding hydrogens is 350 g/mol. The number of hydrogen-bond acceptors (Lipinski definition) is 4. The van der Waals surface area contributed by atoms with Crippen LogP contribution in [0, 0.1) is 0 Å². The third-order valence-corrected chi connectivity index (χ3v) is 4.13. The lowest BCUT2D eigenvalue weighted by Crippen LogP contribution is -2.28. The Kier molecular flexibility index (Phi) is 4.90. The molecule has 2 aromatic rings. The van der Waals surface area contributed by atoms with Crippen LogP contribution >= 0.6 is 38.9 Å². The van der Waals surface area contributed by atoms with Gasteiger partial charge in [0, 0.05) is 4.47 Å². The summed E-state index contributed by atoms with van der Waals surface area (Å²) in [6, 6.07) is 7.80. The minimum Gasteiger partial charge on any atom is -0.343 e. The van der Waals surface area contributed by atoms with Gasteiger partial charge in [0.1, 0.15) is 0 Å². The first-order valence-corrected chi connectivity index (χ1v) is 7.64. The average molecular weight is 361 g/mol. The number of aromatic nitrogens is 2. The van der Waals surface area contributed by atoms with Crippen LogP contribution in [0.4, 0.5) is 0 Å². The van der Waals surface area contributed by atoms with Crippen LogP contribution in [0.15, 0.2) is 28.7 Å².